The lowest BCUT2D eigenvalue weighted by atomic mass is 10.0. The zero-order chi connectivity index (χ0) is 17.9. The molecule has 0 unspecified atom stereocenters. The number of fused-ring (bicyclic) bond motifs is 1. The predicted molar refractivity (Wildman–Crippen MR) is 106 cm³/mol. The highest BCUT2D eigenvalue weighted by atomic mass is 15.1. The van der Waals surface area contributed by atoms with Gasteiger partial charge in [0.2, 0.25) is 0 Å². The number of nitrogens with one attached hydrogen (secondary N) is 2. The minimum absolute atomic E-state index is 0.801. The van der Waals surface area contributed by atoms with Crippen molar-refractivity contribution in [2.45, 2.75) is 6.54 Å². The Hall–Kier alpha value is -3.18. The Morgan fingerprint density at radius 1 is 0.962 bits per heavy atom. The normalized spacial score (nSPS) is 11.2. The van der Waals surface area contributed by atoms with Crippen molar-refractivity contribution in [1.29, 1.82) is 0 Å². The van der Waals surface area contributed by atoms with Gasteiger partial charge in [-0.1, -0.05) is 42.5 Å². The second-order valence-corrected chi connectivity index (χ2v) is 6.57. The van der Waals surface area contributed by atoms with Gasteiger partial charge in [-0.05, 0) is 37.4 Å². The van der Waals surface area contributed by atoms with E-state index in [2.05, 4.69) is 75.7 Å². The molecule has 2 heterocycles. The smallest absolute Gasteiger partial charge is 0.143 e. The number of hydrogen-bond acceptors (Lipinski definition) is 4. The van der Waals surface area contributed by atoms with Crippen molar-refractivity contribution in [3.8, 4) is 22.5 Å². The van der Waals surface area contributed by atoms with Crippen LogP contribution in [0, 0.1) is 0 Å². The molecule has 26 heavy (non-hydrogen) atoms. The van der Waals surface area contributed by atoms with Gasteiger partial charge in [0.25, 0.3) is 0 Å². The number of anilines is 2. The van der Waals surface area contributed by atoms with Gasteiger partial charge < -0.3 is 15.2 Å². The van der Waals surface area contributed by atoms with Gasteiger partial charge in [0, 0.05) is 24.0 Å². The Morgan fingerprint density at radius 2 is 1.73 bits per heavy atom. The van der Waals surface area contributed by atoms with E-state index in [0.717, 1.165) is 40.6 Å². The molecule has 2 N–H and O–H groups in total. The molecule has 0 amide bonds. The lowest BCUT2D eigenvalue weighted by Crippen LogP contribution is -2.10. The maximum absolute atomic E-state index is 4.52. The third kappa shape index (κ3) is 3.30. The van der Waals surface area contributed by atoms with Crippen molar-refractivity contribution in [3.05, 3.63) is 72.7 Å². The highest BCUT2D eigenvalue weighted by Crippen LogP contribution is 2.37. The fourth-order valence-corrected chi connectivity index (χ4v) is 3.08. The van der Waals surface area contributed by atoms with Gasteiger partial charge in [0.05, 0.1) is 11.9 Å². The fraction of sp³-hybridized carbons (Fsp3) is 0.143. The van der Waals surface area contributed by atoms with Crippen LogP contribution in [-0.4, -0.2) is 33.9 Å². The Kier molecular flexibility index (Phi) is 4.37. The van der Waals surface area contributed by atoms with Gasteiger partial charge in [0.1, 0.15) is 11.6 Å². The fourth-order valence-electron chi connectivity index (χ4n) is 3.08. The summed E-state index contributed by atoms with van der Waals surface area (Å²) in [6, 6.07) is 18.7. The Bertz CT molecular complexity index is 957. The van der Waals surface area contributed by atoms with Crippen molar-refractivity contribution in [2.24, 2.45) is 0 Å². The molecule has 0 aliphatic carbocycles. The van der Waals surface area contributed by atoms with Crippen LogP contribution in [0.4, 0.5) is 11.5 Å². The average Bonchev–Trinajstić information content (AvgIpc) is 3.09. The predicted octanol–water partition coefficient (Wildman–Crippen LogP) is 4.38. The van der Waals surface area contributed by atoms with E-state index >= 15 is 0 Å². The zero-order valence-electron chi connectivity index (χ0n) is 14.9. The van der Waals surface area contributed by atoms with E-state index in [9.17, 15) is 0 Å². The highest BCUT2D eigenvalue weighted by molar-refractivity contribution is 5.90. The number of aromatic nitrogens is 3. The number of nitrogens with zero attached hydrogens (tertiary/aromatic N) is 3. The Balaban J connectivity index is 1.67. The standard InChI is InChI=1S/C21H21N5/c1-26(2)13-15-8-10-17(11-9-15)25-21-19-18(16-6-4-3-5-7-16)12-22-20(19)23-14-24-21/h3-12,14H,13H2,1-2H3,(H2,22,23,24,25). The summed E-state index contributed by atoms with van der Waals surface area (Å²) < 4.78 is 0. The summed E-state index contributed by atoms with van der Waals surface area (Å²) in [6.07, 6.45) is 3.57. The van der Waals surface area contributed by atoms with E-state index in [4.69, 9.17) is 0 Å². The molecule has 5 heteroatoms. The third-order valence-corrected chi connectivity index (χ3v) is 4.26. The van der Waals surface area contributed by atoms with Crippen LogP contribution < -0.4 is 5.32 Å². The second kappa shape index (κ2) is 6.98. The molecule has 2 aromatic carbocycles. The van der Waals surface area contributed by atoms with Crippen molar-refractivity contribution in [1.82, 2.24) is 19.9 Å². The van der Waals surface area contributed by atoms with E-state index in [1.54, 1.807) is 6.33 Å². The summed E-state index contributed by atoms with van der Waals surface area (Å²) in [5.74, 6) is 1.63. The zero-order valence-corrected chi connectivity index (χ0v) is 14.9. The van der Waals surface area contributed by atoms with Gasteiger partial charge in [-0.3, -0.25) is 0 Å². The topological polar surface area (TPSA) is 56.8 Å². The Morgan fingerprint density at radius 3 is 2.46 bits per heavy atom. The number of benzene rings is 2. The van der Waals surface area contributed by atoms with Gasteiger partial charge in [-0.25, -0.2) is 9.97 Å². The molecule has 0 spiro atoms. The van der Waals surface area contributed by atoms with Crippen LogP contribution in [0.1, 0.15) is 5.56 Å². The lowest BCUT2D eigenvalue weighted by molar-refractivity contribution is 0.402. The molecule has 5 nitrogen and oxygen atoms in total. The van der Waals surface area contributed by atoms with Gasteiger partial charge in [-0.15, -0.1) is 0 Å². The van der Waals surface area contributed by atoms with Crippen LogP contribution in [0.5, 0.6) is 0 Å². The maximum Gasteiger partial charge on any atom is 0.143 e. The van der Waals surface area contributed by atoms with Crippen molar-refractivity contribution < 1.29 is 0 Å². The molecule has 2 aliphatic rings. The quantitative estimate of drug-likeness (QED) is 0.564. The minimum atomic E-state index is 0.801. The largest absolute Gasteiger partial charge is 0.340 e. The van der Waals surface area contributed by atoms with Crippen molar-refractivity contribution >= 4 is 11.5 Å². The molecule has 2 aromatic rings. The van der Waals surface area contributed by atoms with Gasteiger partial charge >= 0.3 is 0 Å². The van der Waals surface area contributed by atoms with E-state index in [-0.39, 0.29) is 0 Å². The van der Waals surface area contributed by atoms with E-state index in [1.807, 2.05) is 24.4 Å². The molecular weight excluding hydrogens is 322 g/mol. The minimum Gasteiger partial charge on any atom is -0.340 e. The van der Waals surface area contributed by atoms with Crippen LogP contribution in [-0.2, 0) is 6.54 Å². The first-order chi connectivity index (χ1) is 12.7. The summed E-state index contributed by atoms with van der Waals surface area (Å²) >= 11 is 0. The first-order valence-corrected chi connectivity index (χ1v) is 8.59. The Labute approximate surface area is 153 Å². The van der Waals surface area contributed by atoms with Crippen LogP contribution >= 0.6 is 0 Å². The molecule has 2 aliphatic heterocycles. The monoisotopic (exact) mass is 343 g/mol. The van der Waals surface area contributed by atoms with Crippen LogP contribution in [0.25, 0.3) is 22.5 Å². The van der Waals surface area contributed by atoms with E-state index in [0.29, 0.717) is 0 Å². The van der Waals surface area contributed by atoms with E-state index < -0.39 is 0 Å². The molecular formula is C21H21N5. The number of aromatic amines is 1. The molecule has 0 bridgehead atoms. The molecule has 0 radical (unpaired) electrons. The molecule has 0 saturated heterocycles. The third-order valence-electron chi connectivity index (χ3n) is 4.26. The molecule has 0 fully saturated rings. The molecule has 4 rings (SSSR count). The first kappa shape index (κ1) is 16.3. The highest BCUT2D eigenvalue weighted by Gasteiger charge is 2.18. The SMILES string of the molecule is CN(C)Cc1ccc(Nc2nc[nH]c3ncc(-c4ccccc4)c2-3)cc1. The molecule has 0 saturated carbocycles. The van der Waals surface area contributed by atoms with Crippen molar-refractivity contribution in [2.75, 3.05) is 19.4 Å². The van der Waals surface area contributed by atoms with Crippen LogP contribution in [0.15, 0.2) is 67.1 Å². The molecule has 0 aromatic heterocycles. The van der Waals surface area contributed by atoms with E-state index in [1.165, 1.54) is 5.56 Å². The first-order valence-electron chi connectivity index (χ1n) is 8.59. The second-order valence-electron chi connectivity index (χ2n) is 6.57. The summed E-state index contributed by atoms with van der Waals surface area (Å²) in [6.45, 7) is 0.925. The molecule has 130 valence electrons. The van der Waals surface area contributed by atoms with Crippen LogP contribution in [0.3, 0.4) is 0 Å². The van der Waals surface area contributed by atoms with Gasteiger partial charge in [-0.2, -0.15) is 0 Å². The number of H-pyrrole nitrogens is 1. The lowest BCUT2D eigenvalue weighted by Gasteiger charge is -2.13. The summed E-state index contributed by atoms with van der Waals surface area (Å²) in [4.78, 5) is 14.3. The summed E-state index contributed by atoms with van der Waals surface area (Å²) in [7, 11) is 4.14. The number of rotatable bonds is 5. The average molecular weight is 343 g/mol. The van der Waals surface area contributed by atoms with Crippen molar-refractivity contribution in [3.63, 3.8) is 0 Å². The number of hydrogen-bond donors (Lipinski definition) is 2. The maximum atomic E-state index is 4.52. The molecule has 0 atom stereocenters. The summed E-state index contributed by atoms with van der Waals surface area (Å²) in [5, 5.41) is 3.44. The van der Waals surface area contributed by atoms with Gasteiger partial charge in [0.15, 0.2) is 0 Å². The van der Waals surface area contributed by atoms with Crippen LogP contribution in [0.2, 0.25) is 0 Å². The summed E-state index contributed by atoms with van der Waals surface area (Å²) in [5.41, 5.74) is 5.47.